The van der Waals surface area contributed by atoms with Crippen LogP contribution < -0.4 is 0 Å². The van der Waals surface area contributed by atoms with E-state index >= 15 is 0 Å². The first-order valence-electron chi connectivity index (χ1n) is 23.8. The fraction of sp³-hybridized carbons (Fsp3) is 0.642. The van der Waals surface area contributed by atoms with Crippen molar-refractivity contribution in [1.29, 1.82) is 0 Å². The number of esters is 3. The van der Waals surface area contributed by atoms with E-state index in [0.717, 1.165) is 70.6 Å². The molecule has 0 saturated heterocycles. The summed E-state index contributed by atoms with van der Waals surface area (Å²) in [5.74, 6) is -1.10. The van der Waals surface area contributed by atoms with Crippen LogP contribution in [0.5, 0.6) is 0 Å². The van der Waals surface area contributed by atoms with Gasteiger partial charge >= 0.3 is 17.9 Å². The minimum absolute atomic E-state index is 0.131. The lowest BCUT2D eigenvalue weighted by Gasteiger charge is -2.18. The van der Waals surface area contributed by atoms with E-state index in [1.54, 1.807) is 0 Å². The van der Waals surface area contributed by atoms with Crippen LogP contribution in [-0.4, -0.2) is 37.2 Å². The summed E-state index contributed by atoms with van der Waals surface area (Å²) < 4.78 is 16.6. The van der Waals surface area contributed by atoms with E-state index in [0.29, 0.717) is 19.3 Å². The normalized spacial score (nSPS) is 12.9. The average molecular weight is 819 g/mol. The minimum atomic E-state index is -0.839. The molecule has 0 bridgehead atoms. The Morgan fingerprint density at radius 3 is 1.27 bits per heavy atom. The van der Waals surface area contributed by atoms with E-state index in [4.69, 9.17) is 14.2 Å². The molecule has 0 radical (unpaired) electrons. The Bertz CT molecular complexity index is 1220. The molecule has 0 spiro atoms. The minimum Gasteiger partial charge on any atom is -0.462 e. The van der Waals surface area contributed by atoms with Gasteiger partial charge in [-0.25, -0.2) is 0 Å². The van der Waals surface area contributed by atoms with E-state index < -0.39 is 12.1 Å². The second-order valence-electron chi connectivity index (χ2n) is 15.4. The fourth-order valence-electron chi connectivity index (χ4n) is 6.09. The first-order chi connectivity index (χ1) is 29.0. The Morgan fingerprint density at radius 1 is 0.373 bits per heavy atom. The van der Waals surface area contributed by atoms with Crippen LogP contribution in [0.1, 0.15) is 201 Å². The first-order valence-corrected chi connectivity index (χ1v) is 23.8. The van der Waals surface area contributed by atoms with Gasteiger partial charge in [0.15, 0.2) is 6.10 Å². The van der Waals surface area contributed by atoms with Crippen LogP contribution in [0.3, 0.4) is 0 Å². The third kappa shape index (κ3) is 45.3. The summed E-state index contributed by atoms with van der Waals surface area (Å²) in [6.07, 6.45) is 61.3. The summed E-state index contributed by atoms with van der Waals surface area (Å²) >= 11 is 0. The molecule has 0 aromatic heterocycles. The Labute approximate surface area is 362 Å². The lowest BCUT2D eigenvalue weighted by atomic mass is 10.1. The van der Waals surface area contributed by atoms with E-state index in [-0.39, 0.29) is 38.0 Å². The number of allylic oxidation sites excluding steroid dienone is 16. The smallest absolute Gasteiger partial charge is 0.306 e. The van der Waals surface area contributed by atoms with Crippen LogP contribution in [0.4, 0.5) is 0 Å². The van der Waals surface area contributed by atoms with Gasteiger partial charge in [0.2, 0.25) is 0 Å². The third-order valence-electron chi connectivity index (χ3n) is 9.66. The molecule has 0 heterocycles. The molecule has 6 nitrogen and oxygen atoms in total. The van der Waals surface area contributed by atoms with Gasteiger partial charge in [-0.2, -0.15) is 0 Å². The number of carbonyl (C=O) groups is 3. The lowest BCUT2D eigenvalue weighted by Crippen LogP contribution is -2.30. The van der Waals surface area contributed by atoms with Gasteiger partial charge in [0, 0.05) is 19.3 Å². The van der Waals surface area contributed by atoms with Crippen molar-refractivity contribution in [3.8, 4) is 0 Å². The number of hydrogen-bond donors (Lipinski definition) is 0. The van der Waals surface area contributed by atoms with Gasteiger partial charge in [0.1, 0.15) is 13.2 Å². The Morgan fingerprint density at radius 2 is 0.763 bits per heavy atom. The molecule has 1 atom stereocenters. The molecular weight excluding hydrogens is 733 g/mol. The van der Waals surface area contributed by atoms with Crippen molar-refractivity contribution in [2.75, 3.05) is 13.2 Å². The zero-order valence-corrected chi connectivity index (χ0v) is 38.0. The molecule has 0 fully saturated rings. The van der Waals surface area contributed by atoms with Crippen molar-refractivity contribution < 1.29 is 28.6 Å². The number of unbranched alkanes of at least 4 members (excludes halogenated alkanes) is 17. The van der Waals surface area contributed by atoms with Gasteiger partial charge in [-0.3, -0.25) is 14.4 Å². The molecule has 0 rings (SSSR count). The Hall–Kier alpha value is -3.67. The monoisotopic (exact) mass is 819 g/mol. The van der Waals surface area contributed by atoms with Crippen molar-refractivity contribution >= 4 is 17.9 Å². The maximum atomic E-state index is 12.7. The van der Waals surface area contributed by atoms with Gasteiger partial charge in [-0.1, -0.05) is 201 Å². The zero-order chi connectivity index (χ0) is 43.0. The molecule has 0 aliphatic carbocycles. The summed E-state index contributed by atoms with van der Waals surface area (Å²) in [5, 5.41) is 0. The highest BCUT2D eigenvalue weighted by molar-refractivity contribution is 5.71. The predicted molar refractivity (Wildman–Crippen MR) is 251 cm³/mol. The molecule has 0 N–H and O–H groups in total. The molecule has 0 aromatic carbocycles. The summed E-state index contributed by atoms with van der Waals surface area (Å²) in [7, 11) is 0. The highest BCUT2D eigenvalue weighted by atomic mass is 16.6. The molecule has 6 heteroatoms. The van der Waals surface area contributed by atoms with Gasteiger partial charge in [-0.05, 0) is 77.0 Å². The molecule has 334 valence electrons. The van der Waals surface area contributed by atoms with Crippen molar-refractivity contribution in [2.24, 2.45) is 0 Å². The van der Waals surface area contributed by atoms with E-state index in [1.165, 1.54) is 77.0 Å². The van der Waals surface area contributed by atoms with Gasteiger partial charge < -0.3 is 14.2 Å². The summed E-state index contributed by atoms with van der Waals surface area (Å²) in [6.45, 7) is 6.33. The Balaban J connectivity index is 4.58. The van der Waals surface area contributed by atoms with E-state index in [1.807, 2.05) is 36.5 Å². The molecule has 0 aliphatic rings. The van der Waals surface area contributed by atoms with Gasteiger partial charge in [0.25, 0.3) is 0 Å². The van der Waals surface area contributed by atoms with Crippen LogP contribution in [0.25, 0.3) is 0 Å². The molecule has 0 aromatic rings. The molecule has 0 aliphatic heterocycles. The second kappa shape index (κ2) is 47.0. The maximum Gasteiger partial charge on any atom is 0.306 e. The standard InChI is InChI=1S/C53H86O6/c1-4-7-10-13-16-19-22-25-26-29-31-34-37-40-43-46-52(55)58-49-50(59-53(56)47-44-41-38-35-32-28-24-21-18-15-12-9-6-3)48-57-51(54)45-42-39-36-33-30-27-23-20-17-14-11-8-5-2/h7,10,13,16,19,22,25-28,30,32,36,38-39,41,50H,4-6,8-9,11-12,14-15,17-18,20-21,23-24,29,31,33-35,37,40,42-49H2,1-3H3/b10-7+,16-13+,22-19+,26-25+,30-27+,32-28+,39-36+,41-38+. The quantitative estimate of drug-likeness (QED) is 0.0201. The lowest BCUT2D eigenvalue weighted by molar-refractivity contribution is -0.166. The number of rotatable bonds is 41. The number of ether oxygens (including phenoxy) is 3. The Kier molecular flexibility index (Phi) is 44.1. The zero-order valence-electron chi connectivity index (χ0n) is 38.0. The van der Waals surface area contributed by atoms with Crippen LogP contribution in [-0.2, 0) is 28.6 Å². The number of hydrogen-bond acceptors (Lipinski definition) is 6. The van der Waals surface area contributed by atoms with Crippen LogP contribution in [0.15, 0.2) is 97.2 Å². The summed E-state index contributed by atoms with van der Waals surface area (Å²) in [6, 6.07) is 0. The molecule has 0 amide bonds. The third-order valence-corrected chi connectivity index (χ3v) is 9.66. The predicted octanol–water partition coefficient (Wildman–Crippen LogP) is 15.4. The van der Waals surface area contributed by atoms with E-state index in [2.05, 4.69) is 81.5 Å². The molecule has 59 heavy (non-hydrogen) atoms. The first kappa shape index (κ1) is 55.3. The maximum absolute atomic E-state index is 12.7. The number of carbonyl (C=O) groups excluding carboxylic acids is 3. The molecular formula is C53H86O6. The largest absolute Gasteiger partial charge is 0.462 e. The van der Waals surface area contributed by atoms with Crippen molar-refractivity contribution in [1.82, 2.24) is 0 Å². The van der Waals surface area contributed by atoms with E-state index in [9.17, 15) is 14.4 Å². The summed E-state index contributed by atoms with van der Waals surface area (Å²) in [4.78, 5) is 37.8. The average Bonchev–Trinajstić information content (AvgIpc) is 3.23. The molecule has 1 unspecified atom stereocenters. The van der Waals surface area contributed by atoms with Crippen LogP contribution in [0.2, 0.25) is 0 Å². The van der Waals surface area contributed by atoms with Crippen LogP contribution >= 0.6 is 0 Å². The van der Waals surface area contributed by atoms with Crippen molar-refractivity contribution in [3.05, 3.63) is 97.2 Å². The highest BCUT2D eigenvalue weighted by Crippen LogP contribution is 2.11. The van der Waals surface area contributed by atoms with Crippen LogP contribution in [0, 0.1) is 0 Å². The SMILES string of the molecule is CC/C=C/C=C/C=C/C=C/CCCCCCCC(=O)OCC(COC(=O)CC/C=C/C/C=C/CCCCCCCC)OC(=O)CC/C=C/C/C=C/CCCCCCCC. The fourth-order valence-corrected chi connectivity index (χ4v) is 6.09. The topological polar surface area (TPSA) is 78.9 Å². The van der Waals surface area contributed by atoms with Gasteiger partial charge in [-0.15, -0.1) is 0 Å². The van der Waals surface area contributed by atoms with Crippen molar-refractivity contribution in [2.45, 2.75) is 207 Å². The van der Waals surface area contributed by atoms with Crippen molar-refractivity contribution in [3.63, 3.8) is 0 Å². The highest BCUT2D eigenvalue weighted by Gasteiger charge is 2.19. The van der Waals surface area contributed by atoms with Gasteiger partial charge in [0.05, 0.1) is 0 Å². The molecule has 0 saturated carbocycles. The second-order valence-corrected chi connectivity index (χ2v) is 15.4. The summed E-state index contributed by atoms with van der Waals surface area (Å²) in [5.41, 5.74) is 0.